The molecule has 6 nitrogen and oxygen atoms in total. The van der Waals surface area contributed by atoms with Gasteiger partial charge >= 0.3 is 12.1 Å². The molecule has 90 valence electrons. The summed E-state index contributed by atoms with van der Waals surface area (Å²) in [5.41, 5.74) is 5.27. The number of aliphatic carboxylic acids is 1. The number of aromatic amines is 1. The van der Waals surface area contributed by atoms with E-state index in [4.69, 9.17) is 10.8 Å². The molecule has 16 heavy (non-hydrogen) atoms. The summed E-state index contributed by atoms with van der Waals surface area (Å²) in [6.07, 6.45) is -3.51. The van der Waals surface area contributed by atoms with Crippen molar-refractivity contribution in [2.45, 2.75) is 12.6 Å². The first-order valence-electron chi connectivity index (χ1n) is 3.79. The average molecular weight is 239 g/mol. The van der Waals surface area contributed by atoms with Crippen LogP contribution < -0.4 is 5.73 Å². The molecule has 9 heteroatoms. The van der Waals surface area contributed by atoms with E-state index in [9.17, 15) is 22.8 Å². The summed E-state index contributed by atoms with van der Waals surface area (Å²) in [7, 11) is 0. The summed E-state index contributed by atoms with van der Waals surface area (Å²) >= 11 is 0. The van der Waals surface area contributed by atoms with Crippen LogP contribution in [0.3, 0.4) is 0 Å². The van der Waals surface area contributed by atoms with Crippen molar-refractivity contribution in [1.82, 2.24) is 10.2 Å². The Bertz CT molecular complexity index is 348. The molecule has 0 spiro atoms. The summed E-state index contributed by atoms with van der Waals surface area (Å²) < 4.78 is 32.8. The fourth-order valence-electron chi connectivity index (χ4n) is 0.557. The van der Waals surface area contributed by atoms with Crippen LogP contribution in [0.2, 0.25) is 0 Å². The lowest BCUT2D eigenvalue weighted by Crippen LogP contribution is -2.13. The number of carbonyl (C=O) groups excluding carboxylic acids is 1. The highest BCUT2D eigenvalue weighted by Crippen LogP contribution is 2.18. The number of nitrogens with two attached hydrogens (primary N) is 1. The zero-order valence-corrected chi connectivity index (χ0v) is 7.78. The monoisotopic (exact) mass is 239 g/mol. The van der Waals surface area contributed by atoms with Crippen molar-refractivity contribution in [1.29, 1.82) is 0 Å². The third kappa shape index (κ3) is 7.35. The standard InChI is InChI=1S/C4H5N3O.C3H3F3O2/c5-4(8)3-1-6-7-2-3;4-3(5,6)1-2(7)8/h1-2H,(H2,5,8)(H,6,7);1H2,(H,7,8). The van der Waals surface area contributed by atoms with Crippen LogP contribution in [0.1, 0.15) is 16.8 Å². The van der Waals surface area contributed by atoms with Gasteiger partial charge in [0, 0.05) is 6.20 Å². The van der Waals surface area contributed by atoms with Crippen molar-refractivity contribution in [3.05, 3.63) is 18.0 Å². The molecule has 0 saturated carbocycles. The lowest BCUT2D eigenvalue weighted by molar-refractivity contribution is -0.166. The van der Waals surface area contributed by atoms with Crippen LogP contribution in [0, 0.1) is 0 Å². The Morgan fingerprint density at radius 2 is 2.06 bits per heavy atom. The molecular formula is C7H8F3N3O3. The molecule has 0 aliphatic heterocycles. The normalized spacial score (nSPS) is 10.2. The number of carboxylic acid groups (broad SMARTS) is 1. The fraction of sp³-hybridized carbons (Fsp3) is 0.286. The molecule has 0 aromatic carbocycles. The van der Waals surface area contributed by atoms with Crippen molar-refractivity contribution in [2.24, 2.45) is 5.73 Å². The number of nitrogens with one attached hydrogen (secondary N) is 1. The van der Waals surface area contributed by atoms with Crippen LogP contribution in [0.15, 0.2) is 12.4 Å². The number of carbonyl (C=O) groups is 2. The maximum atomic E-state index is 10.9. The van der Waals surface area contributed by atoms with Gasteiger partial charge in [-0.15, -0.1) is 0 Å². The lowest BCUT2D eigenvalue weighted by Gasteiger charge is -1.98. The van der Waals surface area contributed by atoms with Gasteiger partial charge in [0.15, 0.2) is 0 Å². The Labute approximate surface area is 87.2 Å². The van der Waals surface area contributed by atoms with E-state index in [-0.39, 0.29) is 0 Å². The van der Waals surface area contributed by atoms with Crippen molar-refractivity contribution in [3.8, 4) is 0 Å². The molecule has 0 unspecified atom stereocenters. The Balaban J connectivity index is 0.000000281. The second-order valence-electron chi connectivity index (χ2n) is 2.54. The van der Waals surface area contributed by atoms with E-state index in [1.165, 1.54) is 12.4 Å². The van der Waals surface area contributed by atoms with Gasteiger partial charge in [-0.05, 0) is 0 Å². The first-order valence-corrected chi connectivity index (χ1v) is 3.79. The van der Waals surface area contributed by atoms with Crippen molar-refractivity contribution < 1.29 is 27.9 Å². The van der Waals surface area contributed by atoms with Crippen LogP contribution >= 0.6 is 0 Å². The number of carboxylic acids is 1. The number of hydrogen-bond acceptors (Lipinski definition) is 3. The van der Waals surface area contributed by atoms with Crippen molar-refractivity contribution in [3.63, 3.8) is 0 Å². The summed E-state index contributed by atoms with van der Waals surface area (Å²) in [5.74, 6) is -2.31. The first-order chi connectivity index (χ1) is 7.22. The highest BCUT2D eigenvalue weighted by molar-refractivity contribution is 5.92. The number of amides is 1. The summed E-state index contributed by atoms with van der Waals surface area (Å²) in [5, 5.41) is 13.5. The van der Waals surface area contributed by atoms with Crippen LogP contribution in [0.25, 0.3) is 0 Å². The van der Waals surface area contributed by atoms with Gasteiger partial charge in [-0.2, -0.15) is 18.3 Å². The minimum absolute atomic E-state index is 0.407. The van der Waals surface area contributed by atoms with Crippen LogP contribution in [0.5, 0.6) is 0 Å². The number of aromatic nitrogens is 2. The fourth-order valence-corrected chi connectivity index (χ4v) is 0.557. The SMILES string of the molecule is NC(=O)c1cn[nH]c1.O=C(O)CC(F)(F)F. The number of nitrogens with zero attached hydrogens (tertiary/aromatic N) is 1. The van der Waals surface area contributed by atoms with E-state index in [1.54, 1.807) is 0 Å². The van der Waals surface area contributed by atoms with Gasteiger partial charge in [0.05, 0.1) is 11.8 Å². The van der Waals surface area contributed by atoms with E-state index >= 15 is 0 Å². The number of primary amides is 1. The molecule has 0 aliphatic carbocycles. The Kier molecular flexibility index (Phi) is 4.99. The van der Waals surface area contributed by atoms with E-state index < -0.39 is 24.5 Å². The zero-order valence-electron chi connectivity index (χ0n) is 7.78. The molecule has 0 atom stereocenters. The summed E-state index contributed by atoms with van der Waals surface area (Å²) in [6.45, 7) is 0. The van der Waals surface area contributed by atoms with Gasteiger partial charge in [-0.25, -0.2) is 0 Å². The number of rotatable bonds is 2. The molecule has 1 aromatic heterocycles. The van der Waals surface area contributed by atoms with Gasteiger partial charge in [0.2, 0.25) is 0 Å². The molecule has 1 amide bonds. The number of hydrogen-bond donors (Lipinski definition) is 3. The molecule has 1 heterocycles. The molecule has 1 aromatic rings. The highest BCUT2D eigenvalue weighted by Gasteiger charge is 2.30. The largest absolute Gasteiger partial charge is 0.481 e. The Morgan fingerprint density at radius 3 is 2.19 bits per heavy atom. The first kappa shape index (κ1) is 13.9. The zero-order chi connectivity index (χ0) is 12.8. The van der Waals surface area contributed by atoms with E-state index in [2.05, 4.69) is 10.2 Å². The van der Waals surface area contributed by atoms with Crippen molar-refractivity contribution >= 4 is 11.9 Å². The molecule has 0 fully saturated rings. The average Bonchev–Trinajstić information content (AvgIpc) is 2.50. The molecule has 1 rings (SSSR count). The molecular weight excluding hydrogens is 231 g/mol. The number of halogens is 3. The summed E-state index contributed by atoms with van der Waals surface area (Å²) in [4.78, 5) is 19.5. The summed E-state index contributed by atoms with van der Waals surface area (Å²) in [6, 6.07) is 0. The molecule has 0 radical (unpaired) electrons. The lowest BCUT2D eigenvalue weighted by atomic mass is 10.4. The quantitative estimate of drug-likeness (QED) is 0.699. The molecule has 4 N–H and O–H groups in total. The third-order valence-electron chi connectivity index (χ3n) is 1.13. The maximum absolute atomic E-state index is 10.9. The van der Waals surface area contributed by atoms with Crippen LogP contribution in [0.4, 0.5) is 13.2 Å². The van der Waals surface area contributed by atoms with E-state index in [0.29, 0.717) is 5.56 Å². The second-order valence-corrected chi connectivity index (χ2v) is 2.54. The van der Waals surface area contributed by atoms with Crippen LogP contribution in [-0.2, 0) is 4.79 Å². The number of alkyl halides is 3. The van der Waals surface area contributed by atoms with Crippen LogP contribution in [-0.4, -0.2) is 33.4 Å². The molecule has 0 aliphatic rings. The predicted molar refractivity (Wildman–Crippen MR) is 45.4 cm³/mol. The smallest absolute Gasteiger partial charge is 0.399 e. The third-order valence-corrected chi connectivity index (χ3v) is 1.13. The van der Waals surface area contributed by atoms with E-state index in [0.717, 1.165) is 0 Å². The van der Waals surface area contributed by atoms with Gasteiger partial charge in [-0.1, -0.05) is 0 Å². The van der Waals surface area contributed by atoms with Crippen molar-refractivity contribution in [2.75, 3.05) is 0 Å². The molecule has 0 bridgehead atoms. The number of H-pyrrole nitrogens is 1. The predicted octanol–water partition coefficient (Wildman–Crippen LogP) is 0.532. The second kappa shape index (κ2) is 5.73. The highest BCUT2D eigenvalue weighted by atomic mass is 19.4. The van der Waals surface area contributed by atoms with Gasteiger partial charge in [-0.3, -0.25) is 14.7 Å². The van der Waals surface area contributed by atoms with Gasteiger partial charge in [0.1, 0.15) is 6.42 Å². The Hall–Kier alpha value is -2.06. The topological polar surface area (TPSA) is 109 Å². The van der Waals surface area contributed by atoms with Gasteiger partial charge < -0.3 is 10.8 Å². The maximum Gasteiger partial charge on any atom is 0.399 e. The minimum atomic E-state index is -4.58. The molecule has 0 saturated heterocycles. The van der Waals surface area contributed by atoms with E-state index in [1.807, 2.05) is 0 Å². The Morgan fingerprint density at radius 1 is 1.50 bits per heavy atom. The minimum Gasteiger partial charge on any atom is -0.481 e. The van der Waals surface area contributed by atoms with Gasteiger partial charge in [0.25, 0.3) is 5.91 Å².